The molecule has 0 saturated carbocycles. The van der Waals surface area contributed by atoms with Gasteiger partial charge in [0.25, 0.3) is 11.5 Å². The summed E-state index contributed by atoms with van der Waals surface area (Å²) in [7, 11) is 0. The molecule has 0 aromatic carbocycles. The lowest BCUT2D eigenvalue weighted by Crippen LogP contribution is -2.35. The standard InChI is InChI=1S/C22H27N5O2/c1-4-6-7-8-11-24-21(28)16-14-17-20(26(12-5-2)18(16)23)25-19-15(3)10-9-13-27(19)22(17)29/h5,9-10,13-14,23H,2,4,6-8,11-12H2,1,3H3,(H,24,28). The molecule has 0 aliphatic rings. The van der Waals surface area contributed by atoms with Crippen LogP contribution in [-0.4, -0.2) is 26.4 Å². The highest BCUT2D eigenvalue weighted by Crippen LogP contribution is 2.13. The molecule has 3 heterocycles. The number of carbonyl (C=O) groups excluding carboxylic acids is 1. The summed E-state index contributed by atoms with van der Waals surface area (Å²) in [5.41, 5.74) is 1.71. The zero-order chi connectivity index (χ0) is 21.0. The van der Waals surface area contributed by atoms with Crippen molar-refractivity contribution < 1.29 is 4.79 Å². The number of hydrogen-bond donors (Lipinski definition) is 2. The molecule has 0 atom stereocenters. The van der Waals surface area contributed by atoms with E-state index in [1.54, 1.807) is 22.9 Å². The van der Waals surface area contributed by atoms with Gasteiger partial charge < -0.3 is 9.88 Å². The first kappa shape index (κ1) is 20.5. The molecule has 1 amide bonds. The molecule has 152 valence electrons. The average molecular weight is 393 g/mol. The molecule has 0 radical (unpaired) electrons. The molecule has 0 aliphatic carbocycles. The molecule has 7 nitrogen and oxygen atoms in total. The van der Waals surface area contributed by atoms with Crippen molar-refractivity contribution in [3.8, 4) is 0 Å². The van der Waals surface area contributed by atoms with E-state index in [0.29, 0.717) is 23.2 Å². The molecular weight excluding hydrogens is 366 g/mol. The fourth-order valence-electron chi connectivity index (χ4n) is 3.43. The van der Waals surface area contributed by atoms with Crippen LogP contribution in [0.25, 0.3) is 16.7 Å². The van der Waals surface area contributed by atoms with Crippen molar-refractivity contribution in [1.29, 1.82) is 5.41 Å². The molecule has 0 bridgehead atoms. The summed E-state index contributed by atoms with van der Waals surface area (Å²) in [6.07, 6.45) is 7.49. The minimum atomic E-state index is -0.347. The van der Waals surface area contributed by atoms with E-state index in [-0.39, 0.29) is 29.1 Å². The Balaban J connectivity index is 2.14. The molecule has 3 aromatic heterocycles. The lowest BCUT2D eigenvalue weighted by atomic mass is 10.1. The van der Waals surface area contributed by atoms with Crippen LogP contribution in [0, 0.1) is 12.3 Å². The van der Waals surface area contributed by atoms with Crippen LogP contribution in [0.2, 0.25) is 0 Å². The lowest BCUT2D eigenvalue weighted by molar-refractivity contribution is 0.0950. The number of pyridine rings is 2. The van der Waals surface area contributed by atoms with E-state index in [2.05, 4.69) is 23.8 Å². The monoisotopic (exact) mass is 393 g/mol. The quantitative estimate of drug-likeness (QED) is 0.350. The van der Waals surface area contributed by atoms with Crippen LogP contribution in [0.15, 0.2) is 41.8 Å². The van der Waals surface area contributed by atoms with Gasteiger partial charge >= 0.3 is 0 Å². The first-order valence-electron chi connectivity index (χ1n) is 9.98. The number of nitrogens with one attached hydrogen (secondary N) is 2. The van der Waals surface area contributed by atoms with E-state index in [4.69, 9.17) is 5.41 Å². The number of fused-ring (bicyclic) bond motifs is 2. The van der Waals surface area contributed by atoms with Gasteiger partial charge in [-0.05, 0) is 31.0 Å². The van der Waals surface area contributed by atoms with Crippen LogP contribution in [0.3, 0.4) is 0 Å². The van der Waals surface area contributed by atoms with Gasteiger partial charge in [0.15, 0.2) is 0 Å². The summed E-state index contributed by atoms with van der Waals surface area (Å²) in [5.74, 6) is -0.347. The first-order chi connectivity index (χ1) is 14.0. The third kappa shape index (κ3) is 3.99. The van der Waals surface area contributed by atoms with E-state index in [1.165, 1.54) is 10.5 Å². The molecule has 2 N–H and O–H groups in total. The Morgan fingerprint density at radius 2 is 2.10 bits per heavy atom. The topological polar surface area (TPSA) is 92.2 Å². The molecular formula is C22H27N5O2. The largest absolute Gasteiger partial charge is 0.352 e. The Kier molecular flexibility index (Phi) is 6.26. The van der Waals surface area contributed by atoms with E-state index >= 15 is 0 Å². The molecule has 0 spiro atoms. The second-order valence-corrected chi connectivity index (χ2v) is 7.16. The zero-order valence-electron chi connectivity index (χ0n) is 17.0. The summed E-state index contributed by atoms with van der Waals surface area (Å²) in [4.78, 5) is 30.5. The second-order valence-electron chi connectivity index (χ2n) is 7.16. The summed E-state index contributed by atoms with van der Waals surface area (Å²) >= 11 is 0. The lowest BCUT2D eigenvalue weighted by Gasteiger charge is -2.14. The number of allylic oxidation sites excluding steroid dienone is 1. The van der Waals surface area contributed by atoms with Crippen molar-refractivity contribution >= 4 is 22.6 Å². The van der Waals surface area contributed by atoms with Gasteiger partial charge in [-0.3, -0.25) is 19.4 Å². The summed E-state index contributed by atoms with van der Waals surface area (Å²) < 4.78 is 3.04. The normalized spacial score (nSPS) is 11.1. The number of aryl methyl sites for hydroxylation is 1. The van der Waals surface area contributed by atoms with E-state index < -0.39 is 0 Å². The molecule has 0 unspecified atom stereocenters. The second kappa shape index (κ2) is 8.86. The third-order valence-corrected chi connectivity index (χ3v) is 5.01. The maximum Gasteiger partial charge on any atom is 0.267 e. The van der Waals surface area contributed by atoms with Crippen molar-refractivity contribution in [2.45, 2.75) is 46.1 Å². The molecule has 0 fully saturated rings. The Labute approximate surface area is 169 Å². The van der Waals surface area contributed by atoms with Crippen LogP contribution < -0.4 is 16.4 Å². The van der Waals surface area contributed by atoms with Gasteiger partial charge in [-0.1, -0.05) is 38.3 Å². The van der Waals surface area contributed by atoms with Crippen LogP contribution in [0.1, 0.15) is 48.5 Å². The maximum absolute atomic E-state index is 13.1. The van der Waals surface area contributed by atoms with Crippen LogP contribution in [0.5, 0.6) is 0 Å². The first-order valence-corrected chi connectivity index (χ1v) is 9.98. The van der Waals surface area contributed by atoms with Crippen LogP contribution in [-0.2, 0) is 6.54 Å². The minimum Gasteiger partial charge on any atom is -0.352 e. The number of unbranched alkanes of at least 4 members (excludes halogenated alkanes) is 3. The Morgan fingerprint density at radius 1 is 1.31 bits per heavy atom. The van der Waals surface area contributed by atoms with E-state index in [1.807, 2.05) is 13.0 Å². The van der Waals surface area contributed by atoms with E-state index in [9.17, 15) is 9.59 Å². The Bertz CT molecular complexity index is 1190. The van der Waals surface area contributed by atoms with Crippen molar-refractivity contribution in [1.82, 2.24) is 19.3 Å². The highest BCUT2D eigenvalue weighted by atomic mass is 16.1. The third-order valence-electron chi connectivity index (χ3n) is 5.01. The Hall–Kier alpha value is -3.22. The van der Waals surface area contributed by atoms with E-state index in [0.717, 1.165) is 31.2 Å². The average Bonchev–Trinajstić information content (AvgIpc) is 2.71. The number of carbonyl (C=O) groups is 1. The number of hydrogen-bond acceptors (Lipinski definition) is 4. The molecule has 3 rings (SSSR count). The number of nitrogens with zero attached hydrogens (tertiary/aromatic N) is 3. The van der Waals surface area contributed by atoms with Gasteiger partial charge in [0.2, 0.25) is 0 Å². The van der Waals surface area contributed by atoms with Crippen molar-refractivity contribution in [3.63, 3.8) is 0 Å². The predicted octanol–water partition coefficient (Wildman–Crippen LogP) is 2.93. The zero-order valence-corrected chi connectivity index (χ0v) is 17.0. The highest BCUT2D eigenvalue weighted by Gasteiger charge is 2.17. The number of rotatable bonds is 8. The summed E-state index contributed by atoms with van der Waals surface area (Å²) in [6.45, 7) is 8.59. The Morgan fingerprint density at radius 3 is 2.83 bits per heavy atom. The summed E-state index contributed by atoms with van der Waals surface area (Å²) in [5, 5.41) is 11.7. The highest BCUT2D eigenvalue weighted by molar-refractivity contribution is 5.96. The SMILES string of the molecule is C=CCn1c(=N)c(C(=O)NCCCCCC)cc2c(=O)n3cccc(C)c3nc21. The predicted molar refractivity (Wildman–Crippen MR) is 114 cm³/mol. The summed E-state index contributed by atoms with van der Waals surface area (Å²) in [6, 6.07) is 5.16. The van der Waals surface area contributed by atoms with Gasteiger partial charge in [0.1, 0.15) is 16.8 Å². The van der Waals surface area contributed by atoms with Gasteiger partial charge in [-0.25, -0.2) is 4.98 Å². The van der Waals surface area contributed by atoms with Gasteiger partial charge in [-0.2, -0.15) is 0 Å². The number of amides is 1. The van der Waals surface area contributed by atoms with Crippen molar-refractivity contribution in [2.75, 3.05) is 6.54 Å². The van der Waals surface area contributed by atoms with Gasteiger partial charge in [0, 0.05) is 19.3 Å². The minimum absolute atomic E-state index is 0.0216. The van der Waals surface area contributed by atoms with Crippen LogP contribution >= 0.6 is 0 Å². The van der Waals surface area contributed by atoms with Crippen molar-refractivity contribution in [2.24, 2.45) is 0 Å². The number of aromatic nitrogens is 3. The van der Waals surface area contributed by atoms with Gasteiger partial charge in [-0.15, -0.1) is 6.58 Å². The molecule has 3 aromatic rings. The molecule has 29 heavy (non-hydrogen) atoms. The van der Waals surface area contributed by atoms with Gasteiger partial charge in [0.05, 0.1) is 10.9 Å². The fraction of sp³-hybridized carbons (Fsp3) is 0.364. The molecule has 0 saturated heterocycles. The fourth-order valence-corrected chi connectivity index (χ4v) is 3.43. The molecule has 0 aliphatic heterocycles. The van der Waals surface area contributed by atoms with Crippen LogP contribution in [0.4, 0.5) is 0 Å². The molecule has 7 heteroatoms. The van der Waals surface area contributed by atoms with Crippen molar-refractivity contribution in [3.05, 3.63) is 64.0 Å². The smallest absolute Gasteiger partial charge is 0.267 e. The maximum atomic E-state index is 13.1.